The second kappa shape index (κ2) is 8.92. The minimum Gasteiger partial charge on any atom is -0.391 e. The number of nitrogens with zero attached hydrogens (tertiary/aromatic N) is 1. The smallest absolute Gasteiger partial charge is 0.314 e. The Morgan fingerprint density at radius 3 is 2.85 bits per heavy atom. The number of aliphatic hydroxyl groups is 1. The number of hydrogen-bond acceptors (Lipinski definition) is 4. The zero-order valence-corrected chi connectivity index (χ0v) is 13.3. The third-order valence-corrected chi connectivity index (χ3v) is 4.32. The summed E-state index contributed by atoms with van der Waals surface area (Å²) >= 11 is 1.66. The topological polar surface area (TPSA) is 74.2 Å². The molecule has 6 heteroatoms. The van der Waals surface area contributed by atoms with Gasteiger partial charge in [-0.05, 0) is 19.3 Å². The third kappa shape index (κ3) is 6.34. The van der Waals surface area contributed by atoms with E-state index in [9.17, 15) is 9.90 Å². The lowest BCUT2D eigenvalue weighted by Crippen LogP contribution is -2.41. The molecule has 0 radical (unpaired) electrons. The quantitative estimate of drug-likeness (QED) is 0.643. The molecule has 0 spiro atoms. The second-order valence-corrected chi connectivity index (χ2v) is 6.02. The normalized spacial score (nSPS) is 13.8. The number of rotatable bonds is 8. The summed E-state index contributed by atoms with van der Waals surface area (Å²) in [5.41, 5.74) is 1.05. The molecule has 0 aliphatic carbocycles. The summed E-state index contributed by atoms with van der Waals surface area (Å²) in [7, 11) is 0. The summed E-state index contributed by atoms with van der Waals surface area (Å²) < 4.78 is 0. The Morgan fingerprint density at radius 2 is 2.25 bits per heavy atom. The van der Waals surface area contributed by atoms with Crippen molar-refractivity contribution in [2.75, 3.05) is 13.1 Å². The van der Waals surface area contributed by atoms with Crippen LogP contribution in [0.4, 0.5) is 4.79 Å². The fraction of sp³-hybridized carbons (Fsp3) is 0.714. The van der Waals surface area contributed by atoms with Gasteiger partial charge in [-0.1, -0.05) is 20.3 Å². The zero-order chi connectivity index (χ0) is 15.0. The molecular formula is C14H25N3O2S. The highest BCUT2D eigenvalue weighted by atomic mass is 32.1. The SMILES string of the molecule is CCC(C)C(O)CNC(=O)NCCCc1nc(C)cs1. The van der Waals surface area contributed by atoms with E-state index < -0.39 is 6.10 Å². The molecule has 1 aromatic rings. The molecule has 1 rings (SSSR count). The predicted molar refractivity (Wildman–Crippen MR) is 82.0 cm³/mol. The maximum absolute atomic E-state index is 11.5. The molecule has 20 heavy (non-hydrogen) atoms. The molecule has 1 heterocycles. The van der Waals surface area contributed by atoms with Crippen LogP contribution in [-0.4, -0.2) is 35.3 Å². The van der Waals surface area contributed by atoms with Crippen molar-refractivity contribution >= 4 is 17.4 Å². The van der Waals surface area contributed by atoms with Crippen molar-refractivity contribution in [3.63, 3.8) is 0 Å². The second-order valence-electron chi connectivity index (χ2n) is 5.08. The Bertz CT molecular complexity index is 409. The Morgan fingerprint density at radius 1 is 1.50 bits per heavy atom. The number of aryl methyl sites for hydroxylation is 2. The van der Waals surface area contributed by atoms with Crippen LogP contribution in [0.15, 0.2) is 5.38 Å². The van der Waals surface area contributed by atoms with Gasteiger partial charge < -0.3 is 15.7 Å². The highest BCUT2D eigenvalue weighted by Crippen LogP contribution is 2.10. The molecule has 0 saturated carbocycles. The Hall–Kier alpha value is -1.14. The van der Waals surface area contributed by atoms with E-state index in [1.54, 1.807) is 11.3 Å². The summed E-state index contributed by atoms with van der Waals surface area (Å²) in [4.78, 5) is 15.9. The van der Waals surface area contributed by atoms with Crippen molar-refractivity contribution in [3.8, 4) is 0 Å². The highest BCUT2D eigenvalue weighted by Gasteiger charge is 2.12. The lowest BCUT2D eigenvalue weighted by Gasteiger charge is -2.17. The first kappa shape index (κ1) is 16.9. The fourth-order valence-corrected chi connectivity index (χ4v) is 2.51. The van der Waals surface area contributed by atoms with E-state index in [0.717, 1.165) is 30.0 Å². The van der Waals surface area contributed by atoms with Crippen LogP contribution in [0, 0.1) is 12.8 Å². The summed E-state index contributed by atoms with van der Waals surface area (Å²) in [6.45, 7) is 6.89. The highest BCUT2D eigenvalue weighted by molar-refractivity contribution is 7.09. The number of aliphatic hydroxyl groups excluding tert-OH is 1. The molecule has 1 aromatic heterocycles. The number of carbonyl (C=O) groups excluding carboxylic acids is 1. The summed E-state index contributed by atoms with van der Waals surface area (Å²) in [6, 6.07) is -0.220. The largest absolute Gasteiger partial charge is 0.391 e. The van der Waals surface area contributed by atoms with Crippen molar-refractivity contribution in [3.05, 3.63) is 16.1 Å². The minimum atomic E-state index is -0.482. The van der Waals surface area contributed by atoms with Gasteiger partial charge in [0.05, 0.1) is 11.1 Å². The third-order valence-electron chi connectivity index (χ3n) is 3.29. The molecule has 114 valence electrons. The summed E-state index contributed by atoms with van der Waals surface area (Å²) in [5, 5.41) is 18.4. The van der Waals surface area contributed by atoms with Gasteiger partial charge in [-0.15, -0.1) is 11.3 Å². The fourth-order valence-electron chi connectivity index (χ4n) is 1.69. The van der Waals surface area contributed by atoms with Gasteiger partial charge in [0.2, 0.25) is 0 Å². The maximum atomic E-state index is 11.5. The molecule has 0 saturated heterocycles. The first-order chi connectivity index (χ1) is 9.52. The molecule has 3 N–H and O–H groups in total. The Labute approximate surface area is 124 Å². The number of amides is 2. The van der Waals surface area contributed by atoms with E-state index in [1.807, 2.05) is 26.2 Å². The molecule has 0 fully saturated rings. The van der Waals surface area contributed by atoms with Crippen LogP contribution in [0.2, 0.25) is 0 Å². The van der Waals surface area contributed by atoms with Gasteiger partial charge in [-0.3, -0.25) is 0 Å². The van der Waals surface area contributed by atoms with Crippen LogP contribution in [0.5, 0.6) is 0 Å². The number of thiazole rings is 1. The van der Waals surface area contributed by atoms with E-state index in [2.05, 4.69) is 15.6 Å². The van der Waals surface area contributed by atoms with Crippen LogP contribution in [0.25, 0.3) is 0 Å². The molecule has 0 aromatic carbocycles. The molecule has 0 aliphatic rings. The van der Waals surface area contributed by atoms with Crippen molar-refractivity contribution in [2.45, 2.75) is 46.1 Å². The molecular weight excluding hydrogens is 274 g/mol. The molecule has 0 aliphatic heterocycles. The van der Waals surface area contributed by atoms with E-state index in [0.29, 0.717) is 13.1 Å². The van der Waals surface area contributed by atoms with Gasteiger partial charge in [0.25, 0.3) is 0 Å². The lowest BCUT2D eigenvalue weighted by molar-refractivity contribution is 0.114. The van der Waals surface area contributed by atoms with Crippen LogP contribution in [0.3, 0.4) is 0 Å². The number of nitrogens with one attached hydrogen (secondary N) is 2. The summed E-state index contributed by atoms with van der Waals surface area (Å²) in [5.74, 6) is 0.198. The van der Waals surface area contributed by atoms with E-state index >= 15 is 0 Å². The van der Waals surface area contributed by atoms with E-state index in [1.165, 1.54) is 0 Å². The number of carbonyl (C=O) groups is 1. The van der Waals surface area contributed by atoms with Crippen molar-refractivity contribution in [1.29, 1.82) is 0 Å². The van der Waals surface area contributed by atoms with Crippen LogP contribution >= 0.6 is 11.3 Å². The standard InChI is InChI=1S/C14H25N3O2S/c1-4-10(2)12(18)8-16-14(19)15-7-5-6-13-17-11(3)9-20-13/h9-10,12,18H,4-8H2,1-3H3,(H2,15,16,19). The number of urea groups is 1. The van der Waals surface area contributed by atoms with E-state index in [4.69, 9.17) is 0 Å². The van der Waals surface area contributed by atoms with Crippen molar-refractivity contribution < 1.29 is 9.90 Å². The number of aromatic nitrogens is 1. The average molecular weight is 299 g/mol. The Kier molecular flexibility index (Phi) is 7.54. The van der Waals surface area contributed by atoms with Gasteiger partial charge in [0, 0.05) is 30.6 Å². The van der Waals surface area contributed by atoms with E-state index in [-0.39, 0.29) is 11.9 Å². The minimum absolute atomic E-state index is 0.198. The Balaban J connectivity index is 2.08. The summed E-state index contributed by atoms with van der Waals surface area (Å²) in [6.07, 6.45) is 2.17. The molecule has 2 unspecified atom stereocenters. The predicted octanol–water partition coefficient (Wildman–Crippen LogP) is 2.09. The van der Waals surface area contributed by atoms with Crippen molar-refractivity contribution in [2.24, 2.45) is 5.92 Å². The first-order valence-electron chi connectivity index (χ1n) is 7.13. The van der Waals surface area contributed by atoms with Gasteiger partial charge in [-0.25, -0.2) is 9.78 Å². The first-order valence-corrected chi connectivity index (χ1v) is 8.01. The lowest BCUT2D eigenvalue weighted by atomic mass is 10.0. The molecule has 2 amide bonds. The van der Waals surface area contributed by atoms with Crippen LogP contribution < -0.4 is 10.6 Å². The molecule has 5 nitrogen and oxygen atoms in total. The molecule has 0 bridgehead atoms. The number of hydrogen-bond donors (Lipinski definition) is 3. The van der Waals surface area contributed by atoms with Gasteiger partial charge in [0.15, 0.2) is 0 Å². The van der Waals surface area contributed by atoms with Gasteiger partial charge >= 0.3 is 6.03 Å². The van der Waals surface area contributed by atoms with Gasteiger partial charge in [0.1, 0.15) is 0 Å². The monoisotopic (exact) mass is 299 g/mol. The maximum Gasteiger partial charge on any atom is 0.314 e. The average Bonchev–Trinajstić information content (AvgIpc) is 2.85. The zero-order valence-electron chi connectivity index (χ0n) is 12.5. The van der Waals surface area contributed by atoms with Gasteiger partial charge in [-0.2, -0.15) is 0 Å². The van der Waals surface area contributed by atoms with Crippen molar-refractivity contribution in [1.82, 2.24) is 15.6 Å². The van der Waals surface area contributed by atoms with Crippen LogP contribution in [-0.2, 0) is 6.42 Å². The van der Waals surface area contributed by atoms with Crippen LogP contribution in [0.1, 0.15) is 37.4 Å². The molecule has 2 atom stereocenters.